The number of rotatable bonds is 9. The van der Waals surface area contributed by atoms with Crippen molar-refractivity contribution < 1.29 is 12.8 Å². The summed E-state index contributed by atoms with van der Waals surface area (Å²) in [4.78, 5) is 2.37. The minimum Gasteiger partial charge on any atom is -0.355 e. The van der Waals surface area contributed by atoms with E-state index in [4.69, 9.17) is 5.41 Å². The lowest BCUT2D eigenvalue weighted by Gasteiger charge is -2.42. The molecule has 2 N–H and O–H groups in total. The zero-order valence-corrected chi connectivity index (χ0v) is 21.6. The predicted octanol–water partition coefficient (Wildman–Crippen LogP) is 5.18. The highest BCUT2D eigenvalue weighted by molar-refractivity contribution is 7.89. The van der Waals surface area contributed by atoms with Crippen molar-refractivity contribution in [2.45, 2.75) is 40.7 Å². The van der Waals surface area contributed by atoms with Crippen LogP contribution in [0.5, 0.6) is 0 Å². The molecule has 0 aliphatic carbocycles. The summed E-state index contributed by atoms with van der Waals surface area (Å²) >= 11 is 0. The first kappa shape index (κ1) is 26.3. The summed E-state index contributed by atoms with van der Waals surface area (Å²) in [6.45, 7) is 12.7. The summed E-state index contributed by atoms with van der Waals surface area (Å²) in [6.07, 6.45) is 1.30. The van der Waals surface area contributed by atoms with Gasteiger partial charge < -0.3 is 10.7 Å². The van der Waals surface area contributed by atoms with Crippen molar-refractivity contribution in [3.8, 4) is 0 Å². The first-order valence-corrected chi connectivity index (χ1v) is 13.5. The van der Waals surface area contributed by atoms with E-state index in [0.717, 1.165) is 29.0 Å². The van der Waals surface area contributed by atoms with Gasteiger partial charge >= 0.3 is 0 Å². The van der Waals surface area contributed by atoms with E-state index in [2.05, 4.69) is 24.1 Å². The molecule has 186 valence electrons. The zero-order valence-electron chi connectivity index (χ0n) is 20.8. The van der Waals surface area contributed by atoms with Gasteiger partial charge in [-0.05, 0) is 66.3 Å². The number of sulfonamides is 1. The lowest BCUT2D eigenvalue weighted by atomic mass is 9.94. The summed E-state index contributed by atoms with van der Waals surface area (Å²) in [5.74, 6) is 0.363. The standard InChI is InChI=1S/C26H37FN4O2S/c1-18(2)15-30-10-11-31(34(32,33)17-19(3)4)16-26(30)24-13-21(14-28)25(12-20(24)5)29-23-8-6-22(27)7-9-23/h6-9,12-14,18-19,26,28-29H,10-11,15-17H2,1-5H3/t26-/m1/s1. The summed E-state index contributed by atoms with van der Waals surface area (Å²) in [6, 6.07) is 10.0. The van der Waals surface area contributed by atoms with Crippen LogP contribution in [0.15, 0.2) is 36.4 Å². The fraction of sp³-hybridized carbons (Fsp3) is 0.500. The second kappa shape index (κ2) is 11.0. The Morgan fingerprint density at radius 1 is 1.12 bits per heavy atom. The fourth-order valence-corrected chi connectivity index (χ4v) is 6.36. The van der Waals surface area contributed by atoms with Crippen LogP contribution < -0.4 is 5.32 Å². The van der Waals surface area contributed by atoms with E-state index in [9.17, 15) is 12.8 Å². The minimum absolute atomic E-state index is 0.0696. The molecule has 0 spiro atoms. The smallest absolute Gasteiger partial charge is 0.214 e. The quantitative estimate of drug-likeness (QED) is 0.477. The van der Waals surface area contributed by atoms with E-state index < -0.39 is 10.0 Å². The van der Waals surface area contributed by atoms with Crippen LogP contribution in [0, 0.1) is 30.0 Å². The first-order valence-electron chi connectivity index (χ1n) is 11.9. The number of nitrogens with zero attached hydrogens (tertiary/aromatic N) is 2. The molecule has 1 saturated heterocycles. The van der Waals surface area contributed by atoms with Crippen molar-refractivity contribution in [2.75, 3.05) is 37.2 Å². The molecule has 2 aromatic rings. The number of halogens is 1. The Morgan fingerprint density at radius 3 is 2.38 bits per heavy atom. The van der Waals surface area contributed by atoms with Crippen molar-refractivity contribution >= 4 is 27.6 Å². The number of hydrogen-bond acceptors (Lipinski definition) is 5. The highest BCUT2D eigenvalue weighted by atomic mass is 32.2. The van der Waals surface area contributed by atoms with Crippen LogP contribution in [0.4, 0.5) is 15.8 Å². The number of anilines is 2. The second-order valence-corrected chi connectivity index (χ2v) is 12.0. The van der Waals surface area contributed by atoms with Crippen LogP contribution in [-0.2, 0) is 10.0 Å². The van der Waals surface area contributed by atoms with Crippen molar-refractivity contribution in [3.05, 3.63) is 58.9 Å². The molecule has 34 heavy (non-hydrogen) atoms. The van der Waals surface area contributed by atoms with Gasteiger partial charge in [0.1, 0.15) is 5.82 Å². The molecule has 1 aliphatic rings. The molecule has 1 fully saturated rings. The van der Waals surface area contributed by atoms with Crippen LogP contribution in [0.1, 0.15) is 50.4 Å². The van der Waals surface area contributed by atoms with Gasteiger partial charge in [-0.25, -0.2) is 12.8 Å². The lowest BCUT2D eigenvalue weighted by Crippen LogP contribution is -2.52. The molecule has 0 bridgehead atoms. The lowest BCUT2D eigenvalue weighted by molar-refractivity contribution is 0.105. The van der Waals surface area contributed by atoms with E-state index in [0.29, 0.717) is 31.1 Å². The monoisotopic (exact) mass is 488 g/mol. The molecule has 1 atom stereocenters. The summed E-state index contributed by atoms with van der Waals surface area (Å²) in [5.41, 5.74) is 4.27. The Kier molecular flexibility index (Phi) is 8.49. The molecule has 0 radical (unpaired) electrons. The van der Waals surface area contributed by atoms with Gasteiger partial charge in [-0.2, -0.15) is 4.31 Å². The highest BCUT2D eigenvalue weighted by Crippen LogP contribution is 2.33. The molecule has 6 nitrogen and oxygen atoms in total. The van der Waals surface area contributed by atoms with Gasteiger partial charge in [0.25, 0.3) is 0 Å². The molecule has 1 heterocycles. The molecular formula is C26H37FN4O2S. The van der Waals surface area contributed by atoms with Gasteiger partial charge in [-0.1, -0.05) is 27.7 Å². The van der Waals surface area contributed by atoms with E-state index in [1.165, 1.54) is 18.3 Å². The molecular weight excluding hydrogens is 451 g/mol. The molecule has 2 aromatic carbocycles. The van der Waals surface area contributed by atoms with Gasteiger partial charge in [-0.3, -0.25) is 4.90 Å². The Hall–Kier alpha value is -2.29. The predicted molar refractivity (Wildman–Crippen MR) is 138 cm³/mol. The third kappa shape index (κ3) is 6.43. The van der Waals surface area contributed by atoms with Gasteiger partial charge in [0.05, 0.1) is 5.75 Å². The van der Waals surface area contributed by atoms with E-state index >= 15 is 0 Å². The minimum atomic E-state index is -3.34. The van der Waals surface area contributed by atoms with E-state index in [-0.39, 0.29) is 23.5 Å². The van der Waals surface area contributed by atoms with Gasteiger partial charge in [0.2, 0.25) is 10.0 Å². The number of nitrogens with one attached hydrogen (secondary N) is 2. The molecule has 0 amide bonds. The molecule has 1 aliphatic heterocycles. The van der Waals surface area contributed by atoms with Crippen molar-refractivity contribution in [3.63, 3.8) is 0 Å². The van der Waals surface area contributed by atoms with Gasteiger partial charge in [0, 0.05) is 55.4 Å². The van der Waals surface area contributed by atoms with Crippen LogP contribution in [0.3, 0.4) is 0 Å². The van der Waals surface area contributed by atoms with Crippen molar-refractivity contribution in [1.29, 1.82) is 5.41 Å². The maximum absolute atomic E-state index is 13.3. The van der Waals surface area contributed by atoms with E-state index in [1.54, 1.807) is 16.4 Å². The molecule has 3 rings (SSSR count). The van der Waals surface area contributed by atoms with Crippen molar-refractivity contribution in [2.24, 2.45) is 11.8 Å². The van der Waals surface area contributed by atoms with Gasteiger partial charge in [-0.15, -0.1) is 0 Å². The number of piperazine rings is 1. The SMILES string of the molecule is Cc1cc(Nc2ccc(F)cc2)c(C=N)cc1[C@H]1CN(S(=O)(=O)CC(C)C)CCN1CC(C)C. The van der Waals surface area contributed by atoms with Crippen LogP contribution in [0.25, 0.3) is 0 Å². The average molecular weight is 489 g/mol. The second-order valence-electron chi connectivity index (χ2n) is 10.0. The topological polar surface area (TPSA) is 76.5 Å². The maximum Gasteiger partial charge on any atom is 0.214 e. The highest BCUT2D eigenvalue weighted by Gasteiger charge is 2.35. The van der Waals surface area contributed by atoms with Crippen LogP contribution >= 0.6 is 0 Å². The number of hydrogen-bond donors (Lipinski definition) is 2. The van der Waals surface area contributed by atoms with Crippen LogP contribution in [-0.4, -0.2) is 55.8 Å². The third-order valence-electron chi connectivity index (χ3n) is 6.07. The zero-order chi connectivity index (χ0) is 25.0. The molecule has 0 saturated carbocycles. The Bertz CT molecular complexity index is 1100. The first-order chi connectivity index (χ1) is 16.0. The molecule has 8 heteroatoms. The molecule has 0 aromatic heterocycles. The normalized spacial score (nSPS) is 17.9. The van der Waals surface area contributed by atoms with Crippen molar-refractivity contribution in [1.82, 2.24) is 9.21 Å². The Balaban J connectivity index is 1.96. The largest absolute Gasteiger partial charge is 0.355 e. The number of aryl methyl sites for hydroxylation is 1. The van der Waals surface area contributed by atoms with E-state index in [1.807, 2.05) is 32.9 Å². The Morgan fingerprint density at radius 2 is 1.79 bits per heavy atom. The summed E-state index contributed by atoms with van der Waals surface area (Å²) in [5, 5.41) is 11.3. The average Bonchev–Trinajstić information content (AvgIpc) is 2.74. The summed E-state index contributed by atoms with van der Waals surface area (Å²) < 4.78 is 41.0. The fourth-order valence-electron chi connectivity index (χ4n) is 4.58. The number of benzene rings is 2. The molecule has 0 unspecified atom stereocenters. The Labute approximate surface area is 203 Å². The van der Waals surface area contributed by atoms with Gasteiger partial charge in [0.15, 0.2) is 0 Å². The summed E-state index contributed by atoms with van der Waals surface area (Å²) in [7, 11) is -3.34. The van der Waals surface area contributed by atoms with Crippen LogP contribution in [0.2, 0.25) is 0 Å². The third-order valence-corrected chi connectivity index (χ3v) is 8.27. The maximum atomic E-state index is 13.3.